The average Bonchev–Trinajstić information content (AvgIpc) is 2.82. The summed E-state index contributed by atoms with van der Waals surface area (Å²) in [5.74, 6) is 0.307. The molecule has 2 aliphatic heterocycles. The number of amides is 1. The molecule has 0 aliphatic carbocycles. The molecule has 0 aromatic heterocycles. The number of rotatable bonds is 4. The predicted octanol–water partition coefficient (Wildman–Crippen LogP) is 1.48. The van der Waals surface area contributed by atoms with Gasteiger partial charge in [-0.05, 0) is 39.2 Å². The molecule has 0 aromatic rings. The van der Waals surface area contributed by atoms with Gasteiger partial charge >= 0.3 is 0 Å². The minimum Gasteiger partial charge on any atom is -0.396 e. The number of hydrogen-bond donors (Lipinski definition) is 1. The Kier molecular flexibility index (Phi) is 4.85. The van der Waals surface area contributed by atoms with Crippen LogP contribution in [0, 0.1) is 5.41 Å². The van der Waals surface area contributed by atoms with E-state index in [1.54, 1.807) is 0 Å². The molecule has 2 saturated heterocycles. The third-order valence-corrected chi connectivity index (χ3v) is 4.76. The van der Waals surface area contributed by atoms with E-state index >= 15 is 0 Å². The summed E-state index contributed by atoms with van der Waals surface area (Å²) in [6.07, 6.45) is 5.16. The topological polar surface area (TPSA) is 43.8 Å². The van der Waals surface area contributed by atoms with Crippen molar-refractivity contribution in [3.8, 4) is 0 Å². The van der Waals surface area contributed by atoms with Crippen LogP contribution in [-0.2, 0) is 4.79 Å². The maximum atomic E-state index is 12.2. The first-order valence-corrected chi connectivity index (χ1v) is 7.67. The van der Waals surface area contributed by atoms with Gasteiger partial charge in [-0.25, -0.2) is 0 Å². The molecule has 2 atom stereocenters. The van der Waals surface area contributed by atoms with Crippen LogP contribution in [-0.4, -0.2) is 59.6 Å². The zero-order valence-corrected chi connectivity index (χ0v) is 12.4. The molecule has 2 heterocycles. The number of piperidine rings is 1. The van der Waals surface area contributed by atoms with Crippen LogP contribution in [0.3, 0.4) is 0 Å². The number of carbonyl (C=O) groups excluding carboxylic acids is 1. The van der Waals surface area contributed by atoms with Crippen LogP contribution >= 0.6 is 0 Å². The van der Waals surface area contributed by atoms with E-state index in [4.69, 9.17) is 0 Å². The zero-order chi connectivity index (χ0) is 13.9. The molecule has 1 N–H and O–H groups in total. The largest absolute Gasteiger partial charge is 0.396 e. The van der Waals surface area contributed by atoms with Crippen molar-refractivity contribution in [2.45, 2.75) is 52.0 Å². The van der Waals surface area contributed by atoms with Crippen molar-refractivity contribution >= 4 is 5.91 Å². The lowest BCUT2D eigenvalue weighted by molar-refractivity contribution is -0.132. The lowest BCUT2D eigenvalue weighted by atomic mass is 9.83. The first kappa shape index (κ1) is 14.8. The second kappa shape index (κ2) is 6.23. The summed E-state index contributed by atoms with van der Waals surface area (Å²) in [5, 5.41) is 9.45. The molecule has 4 nitrogen and oxygen atoms in total. The third kappa shape index (κ3) is 3.69. The van der Waals surface area contributed by atoms with Crippen molar-refractivity contribution in [1.82, 2.24) is 9.80 Å². The maximum absolute atomic E-state index is 12.2. The molecular weight excluding hydrogens is 240 g/mol. The first-order valence-electron chi connectivity index (χ1n) is 7.67. The van der Waals surface area contributed by atoms with Gasteiger partial charge in [-0.1, -0.05) is 6.92 Å². The fourth-order valence-corrected chi connectivity index (χ4v) is 3.45. The number of carbonyl (C=O) groups is 1. The van der Waals surface area contributed by atoms with Gasteiger partial charge in [-0.15, -0.1) is 0 Å². The van der Waals surface area contributed by atoms with Gasteiger partial charge in [0.1, 0.15) is 0 Å². The summed E-state index contributed by atoms with van der Waals surface area (Å²) in [5.41, 5.74) is 0.0300. The van der Waals surface area contributed by atoms with Gasteiger partial charge in [-0.3, -0.25) is 4.79 Å². The highest BCUT2D eigenvalue weighted by Crippen LogP contribution is 2.28. The Morgan fingerprint density at radius 2 is 2.16 bits per heavy atom. The highest BCUT2D eigenvalue weighted by Gasteiger charge is 2.31. The maximum Gasteiger partial charge on any atom is 0.224 e. The molecular formula is C15H28N2O2. The summed E-state index contributed by atoms with van der Waals surface area (Å²) in [6, 6.07) is 0.427. The van der Waals surface area contributed by atoms with E-state index in [2.05, 4.69) is 18.7 Å². The molecule has 2 aliphatic rings. The van der Waals surface area contributed by atoms with E-state index in [0.717, 1.165) is 51.9 Å². The summed E-state index contributed by atoms with van der Waals surface area (Å²) in [7, 11) is 0. The van der Waals surface area contributed by atoms with Crippen molar-refractivity contribution in [2.75, 3.05) is 32.8 Å². The Hall–Kier alpha value is -0.610. The van der Waals surface area contributed by atoms with Crippen LogP contribution < -0.4 is 0 Å². The molecule has 110 valence electrons. The second-order valence-corrected chi connectivity index (χ2v) is 6.68. The van der Waals surface area contributed by atoms with E-state index in [-0.39, 0.29) is 12.0 Å². The normalized spacial score (nSPS) is 32.8. The lowest BCUT2D eigenvalue weighted by Gasteiger charge is -2.39. The molecule has 0 saturated carbocycles. The molecule has 2 rings (SSSR count). The molecule has 2 fully saturated rings. The molecule has 4 heteroatoms. The number of hydrogen-bond acceptors (Lipinski definition) is 3. The van der Waals surface area contributed by atoms with Crippen LogP contribution in [0.25, 0.3) is 0 Å². The number of aliphatic hydroxyl groups excluding tert-OH is 1. The van der Waals surface area contributed by atoms with E-state index in [1.807, 2.05) is 4.90 Å². The van der Waals surface area contributed by atoms with Crippen LogP contribution in [0.15, 0.2) is 0 Å². The monoisotopic (exact) mass is 268 g/mol. The van der Waals surface area contributed by atoms with Crippen LogP contribution in [0.1, 0.15) is 46.0 Å². The minimum atomic E-state index is 0.0300. The van der Waals surface area contributed by atoms with Gasteiger partial charge < -0.3 is 14.9 Å². The Labute approximate surface area is 116 Å². The Bertz CT molecular complexity index is 321. The Morgan fingerprint density at radius 1 is 1.37 bits per heavy atom. The van der Waals surface area contributed by atoms with Crippen molar-refractivity contribution in [3.05, 3.63) is 0 Å². The van der Waals surface area contributed by atoms with Crippen LogP contribution in [0.2, 0.25) is 0 Å². The molecule has 19 heavy (non-hydrogen) atoms. The van der Waals surface area contributed by atoms with E-state index in [9.17, 15) is 9.90 Å². The van der Waals surface area contributed by atoms with Crippen LogP contribution in [0.5, 0.6) is 0 Å². The van der Waals surface area contributed by atoms with Crippen molar-refractivity contribution < 1.29 is 9.90 Å². The summed E-state index contributed by atoms with van der Waals surface area (Å²) in [6.45, 7) is 8.31. The number of aliphatic hydroxyl groups is 1. The molecule has 2 unspecified atom stereocenters. The smallest absolute Gasteiger partial charge is 0.224 e. The SMILES string of the molecule is CC1CCCN1C(=O)CCN1CCCC(C)(CO)C1. The Balaban J connectivity index is 1.77. The molecule has 0 aromatic carbocycles. The van der Waals surface area contributed by atoms with Crippen molar-refractivity contribution in [2.24, 2.45) is 5.41 Å². The molecule has 1 amide bonds. The van der Waals surface area contributed by atoms with E-state index < -0.39 is 0 Å². The van der Waals surface area contributed by atoms with Gasteiger partial charge in [0.15, 0.2) is 0 Å². The predicted molar refractivity (Wildman–Crippen MR) is 75.9 cm³/mol. The standard InChI is InChI=1S/C15H28N2O2/c1-13-5-3-9-17(13)14(19)6-10-16-8-4-7-15(2,11-16)12-18/h13,18H,3-12H2,1-2H3. The quantitative estimate of drug-likeness (QED) is 0.840. The minimum absolute atomic E-state index is 0.0300. The molecule has 0 spiro atoms. The van der Waals surface area contributed by atoms with Gasteiger partial charge in [0.05, 0.1) is 0 Å². The fourth-order valence-electron chi connectivity index (χ4n) is 3.45. The van der Waals surface area contributed by atoms with E-state index in [0.29, 0.717) is 18.4 Å². The third-order valence-electron chi connectivity index (χ3n) is 4.76. The lowest BCUT2D eigenvalue weighted by Crippen LogP contribution is -2.45. The second-order valence-electron chi connectivity index (χ2n) is 6.68. The Morgan fingerprint density at radius 3 is 2.79 bits per heavy atom. The summed E-state index contributed by atoms with van der Waals surface area (Å²) >= 11 is 0. The van der Waals surface area contributed by atoms with Crippen molar-refractivity contribution in [3.63, 3.8) is 0 Å². The molecule has 0 bridgehead atoms. The van der Waals surface area contributed by atoms with Crippen molar-refractivity contribution in [1.29, 1.82) is 0 Å². The van der Waals surface area contributed by atoms with Gasteiger partial charge in [-0.2, -0.15) is 0 Å². The van der Waals surface area contributed by atoms with E-state index in [1.165, 1.54) is 0 Å². The fraction of sp³-hybridized carbons (Fsp3) is 0.933. The van der Waals surface area contributed by atoms with Gasteiger partial charge in [0.25, 0.3) is 0 Å². The summed E-state index contributed by atoms with van der Waals surface area (Å²) in [4.78, 5) is 16.6. The van der Waals surface area contributed by atoms with Gasteiger partial charge in [0, 0.05) is 44.1 Å². The summed E-state index contributed by atoms with van der Waals surface area (Å²) < 4.78 is 0. The van der Waals surface area contributed by atoms with Crippen LogP contribution in [0.4, 0.5) is 0 Å². The highest BCUT2D eigenvalue weighted by atomic mass is 16.3. The molecule has 0 radical (unpaired) electrons. The first-order chi connectivity index (χ1) is 9.04. The highest BCUT2D eigenvalue weighted by molar-refractivity contribution is 5.77. The van der Waals surface area contributed by atoms with Gasteiger partial charge in [0.2, 0.25) is 5.91 Å². The average molecular weight is 268 g/mol. The number of nitrogens with zero attached hydrogens (tertiary/aromatic N) is 2. The zero-order valence-electron chi connectivity index (χ0n) is 12.4. The number of likely N-dealkylation sites (tertiary alicyclic amines) is 2.